The van der Waals surface area contributed by atoms with Crippen LogP contribution >= 0.6 is 11.6 Å². The molecule has 3 aromatic heterocycles. The standard InChI is InChI=1S/C23H24ClN9O3/c1-26-23(34)20-16(9-18(24)30-31-20)29-17-8-13(10-36-11-14-5-4-6-19(25)28-14)7-15(21(17)35-3)22-27-12-33(2)32-22/h4-9,12H,10-11H2,1-3H3,(H2,25,28)(H,26,34)(H,29,30). The van der Waals surface area contributed by atoms with E-state index >= 15 is 0 Å². The molecule has 0 radical (unpaired) electrons. The van der Waals surface area contributed by atoms with E-state index in [1.807, 2.05) is 24.3 Å². The van der Waals surface area contributed by atoms with Gasteiger partial charge >= 0.3 is 0 Å². The fraction of sp³-hybridized carbons (Fsp3) is 0.217. The van der Waals surface area contributed by atoms with Crippen LogP contribution in [0.1, 0.15) is 21.7 Å². The molecule has 0 atom stereocenters. The quantitative estimate of drug-likeness (QED) is 0.306. The molecule has 0 saturated heterocycles. The molecule has 4 rings (SSSR count). The lowest BCUT2D eigenvalue weighted by Crippen LogP contribution is -2.21. The van der Waals surface area contributed by atoms with Gasteiger partial charge in [0.2, 0.25) is 0 Å². The zero-order chi connectivity index (χ0) is 25.7. The predicted molar refractivity (Wildman–Crippen MR) is 134 cm³/mol. The van der Waals surface area contributed by atoms with E-state index in [4.69, 9.17) is 26.8 Å². The summed E-state index contributed by atoms with van der Waals surface area (Å²) in [5, 5.41) is 18.0. The number of amides is 1. The fourth-order valence-corrected chi connectivity index (χ4v) is 3.61. The predicted octanol–water partition coefficient (Wildman–Crippen LogP) is 2.73. The third kappa shape index (κ3) is 5.67. The highest BCUT2D eigenvalue weighted by Crippen LogP contribution is 2.38. The van der Waals surface area contributed by atoms with Gasteiger partial charge in [0.15, 0.2) is 22.4 Å². The summed E-state index contributed by atoms with van der Waals surface area (Å²) in [6.45, 7) is 0.508. The molecule has 12 nitrogen and oxygen atoms in total. The van der Waals surface area contributed by atoms with E-state index in [0.717, 1.165) is 5.56 Å². The first-order valence-electron chi connectivity index (χ1n) is 10.8. The van der Waals surface area contributed by atoms with Gasteiger partial charge in [-0.1, -0.05) is 17.7 Å². The van der Waals surface area contributed by atoms with E-state index < -0.39 is 5.91 Å². The summed E-state index contributed by atoms with van der Waals surface area (Å²) in [7, 11) is 4.81. The molecular weight excluding hydrogens is 486 g/mol. The number of hydrogen-bond donors (Lipinski definition) is 3. The number of methoxy groups -OCH3 is 1. The van der Waals surface area contributed by atoms with Crippen LogP contribution in [-0.4, -0.2) is 50.0 Å². The van der Waals surface area contributed by atoms with E-state index in [1.165, 1.54) is 20.2 Å². The van der Waals surface area contributed by atoms with Crippen LogP contribution in [0.2, 0.25) is 5.15 Å². The van der Waals surface area contributed by atoms with Crippen molar-refractivity contribution in [2.24, 2.45) is 7.05 Å². The average molecular weight is 510 g/mol. The number of nitrogen functional groups attached to an aromatic ring is 1. The maximum atomic E-state index is 12.4. The molecule has 36 heavy (non-hydrogen) atoms. The molecule has 0 fully saturated rings. The minimum absolute atomic E-state index is 0.0656. The van der Waals surface area contributed by atoms with Gasteiger partial charge in [-0.25, -0.2) is 9.97 Å². The van der Waals surface area contributed by atoms with Gasteiger partial charge in [-0.3, -0.25) is 9.48 Å². The molecule has 186 valence electrons. The van der Waals surface area contributed by atoms with Crippen LogP contribution in [0.15, 0.2) is 42.7 Å². The highest BCUT2D eigenvalue weighted by molar-refractivity contribution is 6.29. The number of nitrogens with one attached hydrogen (secondary N) is 2. The highest BCUT2D eigenvalue weighted by Gasteiger charge is 2.20. The van der Waals surface area contributed by atoms with Gasteiger partial charge in [0.1, 0.15) is 12.1 Å². The van der Waals surface area contributed by atoms with E-state index in [2.05, 4.69) is 35.9 Å². The van der Waals surface area contributed by atoms with Gasteiger partial charge in [-0.2, -0.15) is 5.10 Å². The number of carbonyl (C=O) groups excluding carboxylic acids is 1. The number of hydrogen-bond acceptors (Lipinski definition) is 10. The third-order valence-electron chi connectivity index (χ3n) is 5.02. The smallest absolute Gasteiger partial charge is 0.273 e. The lowest BCUT2D eigenvalue weighted by Gasteiger charge is -2.17. The first kappa shape index (κ1) is 24.8. The Morgan fingerprint density at radius 3 is 2.69 bits per heavy atom. The molecule has 0 aliphatic carbocycles. The molecule has 0 saturated carbocycles. The summed E-state index contributed by atoms with van der Waals surface area (Å²) in [6, 6.07) is 10.6. The number of carbonyl (C=O) groups is 1. The van der Waals surface area contributed by atoms with Gasteiger partial charge in [0.25, 0.3) is 5.91 Å². The van der Waals surface area contributed by atoms with E-state index in [-0.39, 0.29) is 24.1 Å². The van der Waals surface area contributed by atoms with Crippen LogP contribution in [0.5, 0.6) is 5.75 Å². The Balaban J connectivity index is 1.72. The number of aryl methyl sites for hydroxylation is 1. The van der Waals surface area contributed by atoms with Crippen molar-refractivity contribution in [3.05, 3.63) is 64.8 Å². The Kier molecular flexibility index (Phi) is 7.56. The topological polar surface area (TPSA) is 155 Å². The monoisotopic (exact) mass is 509 g/mol. The van der Waals surface area contributed by atoms with E-state index in [9.17, 15) is 4.79 Å². The highest BCUT2D eigenvalue weighted by atomic mass is 35.5. The molecular formula is C23H24ClN9O3. The minimum atomic E-state index is -0.429. The number of nitrogens with two attached hydrogens (primary N) is 1. The molecule has 1 amide bonds. The van der Waals surface area contributed by atoms with Crippen molar-refractivity contribution in [1.82, 2.24) is 35.3 Å². The van der Waals surface area contributed by atoms with Crippen LogP contribution < -0.4 is 21.1 Å². The molecule has 0 unspecified atom stereocenters. The van der Waals surface area contributed by atoms with Crippen LogP contribution in [0.4, 0.5) is 17.2 Å². The van der Waals surface area contributed by atoms with Crippen molar-refractivity contribution < 1.29 is 14.3 Å². The van der Waals surface area contributed by atoms with Crippen LogP contribution in [0.25, 0.3) is 11.4 Å². The van der Waals surface area contributed by atoms with Crippen LogP contribution in [-0.2, 0) is 25.0 Å². The summed E-state index contributed by atoms with van der Waals surface area (Å²) in [5.74, 6) is 0.904. The molecule has 0 aliphatic heterocycles. The van der Waals surface area contributed by atoms with Gasteiger partial charge in [-0.05, 0) is 29.8 Å². The van der Waals surface area contributed by atoms with Crippen molar-refractivity contribution in [3.8, 4) is 17.1 Å². The summed E-state index contributed by atoms with van der Waals surface area (Å²) < 4.78 is 13.2. The van der Waals surface area contributed by atoms with Gasteiger partial charge in [0.05, 0.1) is 43.0 Å². The maximum Gasteiger partial charge on any atom is 0.273 e. The van der Waals surface area contributed by atoms with E-state index in [1.54, 1.807) is 24.1 Å². The molecule has 1 aromatic carbocycles. The molecule has 13 heteroatoms. The first-order valence-corrected chi connectivity index (χ1v) is 11.1. The van der Waals surface area contributed by atoms with Crippen LogP contribution in [0, 0.1) is 0 Å². The molecule has 0 bridgehead atoms. The molecule has 4 aromatic rings. The van der Waals surface area contributed by atoms with Gasteiger partial charge < -0.3 is 25.8 Å². The normalized spacial score (nSPS) is 10.8. The minimum Gasteiger partial charge on any atom is -0.494 e. The fourth-order valence-electron chi connectivity index (χ4n) is 3.46. The Labute approximate surface area is 211 Å². The Morgan fingerprint density at radius 2 is 2.00 bits per heavy atom. The zero-order valence-corrected chi connectivity index (χ0v) is 20.6. The number of aromatic nitrogens is 6. The zero-order valence-electron chi connectivity index (χ0n) is 19.8. The largest absolute Gasteiger partial charge is 0.494 e. The molecule has 0 spiro atoms. The van der Waals surface area contributed by atoms with Crippen LogP contribution in [0.3, 0.4) is 0 Å². The molecule has 4 N–H and O–H groups in total. The summed E-state index contributed by atoms with van der Waals surface area (Å²) in [5.41, 5.74) is 8.81. The summed E-state index contributed by atoms with van der Waals surface area (Å²) >= 11 is 6.07. The summed E-state index contributed by atoms with van der Waals surface area (Å²) in [6.07, 6.45) is 1.59. The number of benzene rings is 1. The average Bonchev–Trinajstić information content (AvgIpc) is 3.29. The van der Waals surface area contributed by atoms with Crippen molar-refractivity contribution in [2.75, 3.05) is 25.2 Å². The number of pyridine rings is 1. The second-order valence-electron chi connectivity index (χ2n) is 7.65. The van der Waals surface area contributed by atoms with Crippen molar-refractivity contribution in [1.29, 1.82) is 0 Å². The van der Waals surface area contributed by atoms with Gasteiger partial charge in [-0.15, -0.1) is 10.2 Å². The van der Waals surface area contributed by atoms with Crippen molar-refractivity contribution in [2.45, 2.75) is 13.2 Å². The Hall–Kier alpha value is -4.29. The number of rotatable bonds is 9. The number of halogens is 1. The SMILES string of the molecule is CNC(=O)c1nnc(Cl)cc1Nc1cc(COCc2cccc(N)n2)cc(-c2ncn(C)n2)c1OC. The Bertz CT molecular complexity index is 1390. The first-order chi connectivity index (χ1) is 17.4. The van der Waals surface area contributed by atoms with Crippen molar-refractivity contribution in [3.63, 3.8) is 0 Å². The third-order valence-corrected chi connectivity index (χ3v) is 5.20. The number of nitrogens with zero attached hydrogens (tertiary/aromatic N) is 6. The lowest BCUT2D eigenvalue weighted by molar-refractivity contribution is 0.0958. The molecule has 0 aliphatic rings. The van der Waals surface area contributed by atoms with E-state index in [0.29, 0.717) is 40.0 Å². The second kappa shape index (κ2) is 11.0. The summed E-state index contributed by atoms with van der Waals surface area (Å²) in [4.78, 5) is 21.0. The second-order valence-corrected chi connectivity index (χ2v) is 8.03. The van der Waals surface area contributed by atoms with Gasteiger partial charge in [0, 0.05) is 20.2 Å². The van der Waals surface area contributed by atoms with Crippen molar-refractivity contribution >= 4 is 34.7 Å². The molecule has 3 heterocycles. The Morgan fingerprint density at radius 1 is 1.17 bits per heavy atom. The number of anilines is 3. The number of ether oxygens (including phenoxy) is 2. The lowest BCUT2D eigenvalue weighted by atomic mass is 10.1. The maximum absolute atomic E-state index is 12.4.